The minimum atomic E-state index is -0.517. The Labute approximate surface area is 124 Å². The second-order valence-electron chi connectivity index (χ2n) is 5.07. The molecule has 0 aliphatic heterocycles. The van der Waals surface area contributed by atoms with Crippen molar-refractivity contribution in [3.05, 3.63) is 65.0 Å². The van der Waals surface area contributed by atoms with Crippen LogP contribution in [-0.2, 0) is 0 Å². The van der Waals surface area contributed by atoms with Crippen molar-refractivity contribution in [2.75, 3.05) is 0 Å². The summed E-state index contributed by atoms with van der Waals surface area (Å²) in [6.45, 7) is 0. The molecule has 1 heterocycles. The summed E-state index contributed by atoms with van der Waals surface area (Å²) in [6, 6.07) is 7.97. The van der Waals surface area contributed by atoms with Crippen LogP contribution in [-0.4, -0.2) is 26.8 Å². The Morgan fingerprint density at radius 3 is 1.91 bits per heavy atom. The number of benzene rings is 2. The van der Waals surface area contributed by atoms with Crippen molar-refractivity contribution in [1.29, 1.82) is 0 Å². The maximum Gasteiger partial charge on any atom is 0.199 e. The highest BCUT2D eigenvalue weighted by atomic mass is 16.3. The van der Waals surface area contributed by atoms with Crippen molar-refractivity contribution in [1.82, 2.24) is 4.98 Å². The van der Waals surface area contributed by atoms with Crippen LogP contribution in [0.4, 0.5) is 0 Å². The van der Waals surface area contributed by atoms with Gasteiger partial charge in [0.25, 0.3) is 0 Å². The molecular weight excluding hydrogens is 282 g/mol. The van der Waals surface area contributed by atoms with Crippen LogP contribution in [0.5, 0.6) is 11.5 Å². The van der Waals surface area contributed by atoms with Gasteiger partial charge in [0, 0.05) is 28.7 Å². The summed E-state index contributed by atoms with van der Waals surface area (Å²) >= 11 is 0. The lowest BCUT2D eigenvalue weighted by atomic mass is 9.82. The molecule has 0 saturated heterocycles. The minimum absolute atomic E-state index is 0.130. The fourth-order valence-corrected chi connectivity index (χ4v) is 2.89. The summed E-state index contributed by atoms with van der Waals surface area (Å²) in [5, 5.41) is 21.5. The first-order valence-electron chi connectivity index (χ1n) is 6.61. The van der Waals surface area contributed by atoms with Gasteiger partial charge in [0.05, 0.1) is 16.7 Å². The number of hydrogen-bond donors (Lipinski definition) is 2. The van der Waals surface area contributed by atoms with Crippen LogP contribution in [0.3, 0.4) is 0 Å². The van der Waals surface area contributed by atoms with Crippen LogP contribution in [0.1, 0.15) is 31.8 Å². The zero-order chi connectivity index (χ0) is 15.4. The van der Waals surface area contributed by atoms with Crippen molar-refractivity contribution in [3.8, 4) is 11.5 Å². The van der Waals surface area contributed by atoms with E-state index in [4.69, 9.17) is 0 Å². The Morgan fingerprint density at radius 2 is 1.32 bits per heavy atom. The number of carbonyl (C=O) groups excluding carboxylic acids is 2. The Bertz CT molecular complexity index is 912. The average molecular weight is 291 g/mol. The van der Waals surface area contributed by atoms with Gasteiger partial charge in [-0.25, -0.2) is 0 Å². The molecule has 0 radical (unpaired) electrons. The molecule has 0 unspecified atom stereocenters. The third-order valence-electron chi connectivity index (χ3n) is 3.93. The van der Waals surface area contributed by atoms with Crippen molar-refractivity contribution >= 4 is 22.3 Å². The van der Waals surface area contributed by atoms with E-state index in [-0.39, 0.29) is 33.8 Å². The second-order valence-corrected chi connectivity index (χ2v) is 5.07. The van der Waals surface area contributed by atoms with Gasteiger partial charge >= 0.3 is 0 Å². The molecule has 5 heteroatoms. The highest BCUT2D eigenvalue weighted by Crippen LogP contribution is 2.43. The normalized spacial score (nSPS) is 13.1. The second kappa shape index (κ2) is 4.14. The molecule has 0 fully saturated rings. The standard InChI is InChI=1S/C17H9NO4/c19-14-8-3-1-2-4-9(8)15(20)13-12(14)16(21)10-5-6-18-7-11(10)17(13)22/h1-7,19-20H. The number of fused-ring (bicyclic) bond motifs is 3. The lowest BCUT2D eigenvalue weighted by Gasteiger charge is -2.20. The van der Waals surface area contributed by atoms with E-state index in [9.17, 15) is 19.8 Å². The summed E-state index contributed by atoms with van der Waals surface area (Å²) in [5.41, 5.74) is -0.0101. The predicted molar refractivity (Wildman–Crippen MR) is 78.4 cm³/mol. The summed E-state index contributed by atoms with van der Waals surface area (Å²) in [6.07, 6.45) is 2.71. The van der Waals surface area contributed by atoms with E-state index in [1.807, 2.05) is 0 Å². The Hall–Kier alpha value is -3.21. The smallest absolute Gasteiger partial charge is 0.199 e. The van der Waals surface area contributed by atoms with E-state index < -0.39 is 11.6 Å². The number of hydrogen-bond acceptors (Lipinski definition) is 5. The van der Waals surface area contributed by atoms with Gasteiger partial charge in [-0.1, -0.05) is 24.3 Å². The molecule has 0 saturated carbocycles. The monoisotopic (exact) mass is 291 g/mol. The van der Waals surface area contributed by atoms with Crippen molar-refractivity contribution in [3.63, 3.8) is 0 Å². The van der Waals surface area contributed by atoms with Gasteiger partial charge in [-0.2, -0.15) is 0 Å². The number of pyridine rings is 1. The molecule has 0 atom stereocenters. The number of ketones is 2. The van der Waals surface area contributed by atoms with Gasteiger partial charge in [-0.3, -0.25) is 14.6 Å². The van der Waals surface area contributed by atoms with Crippen LogP contribution in [0.25, 0.3) is 10.8 Å². The third-order valence-corrected chi connectivity index (χ3v) is 3.93. The molecule has 106 valence electrons. The van der Waals surface area contributed by atoms with Gasteiger partial charge < -0.3 is 10.2 Å². The minimum Gasteiger partial charge on any atom is -0.506 e. The van der Waals surface area contributed by atoms with Gasteiger partial charge in [0.2, 0.25) is 0 Å². The fourth-order valence-electron chi connectivity index (χ4n) is 2.89. The van der Waals surface area contributed by atoms with Gasteiger partial charge in [-0.15, -0.1) is 0 Å². The molecular formula is C17H9NO4. The summed E-state index contributed by atoms with van der Waals surface area (Å²) < 4.78 is 0. The predicted octanol–water partition coefficient (Wildman–Crippen LogP) is 2.42. The molecule has 1 aromatic heterocycles. The number of rotatable bonds is 0. The largest absolute Gasteiger partial charge is 0.506 e. The zero-order valence-electron chi connectivity index (χ0n) is 11.2. The summed E-state index contributed by atoms with van der Waals surface area (Å²) in [4.78, 5) is 29.1. The van der Waals surface area contributed by atoms with E-state index in [0.29, 0.717) is 10.8 Å². The first-order valence-corrected chi connectivity index (χ1v) is 6.61. The first-order chi connectivity index (χ1) is 10.6. The molecule has 2 aromatic carbocycles. The van der Waals surface area contributed by atoms with E-state index in [1.54, 1.807) is 24.3 Å². The average Bonchev–Trinajstić information content (AvgIpc) is 2.56. The number of nitrogens with zero attached hydrogens (tertiary/aromatic N) is 1. The number of aromatic hydroxyl groups is 2. The molecule has 4 rings (SSSR count). The van der Waals surface area contributed by atoms with E-state index in [0.717, 1.165) is 0 Å². The van der Waals surface area contributed by atoms with Crippen LogP contribution in [0, 0.1) is 0 Å². The maximum atomic E-state index is 12.6. The molecule has 0 amide bonds. The van der Waals surface area contributed by atoms with E-state index >= 15 is 0 Å². The van der Waals surface area contributed by atoms with Crippen molar-refractivity contribution < 1.29 is 19.8 Å². The highest BCUT2D eigenvalue weighted by molar-refractivity contribution is 6.32. The number of phenols is 2. The molecule has 1 aliphatic rings. The van der Waals surface area contributed by atoms with Crippen LogP contribution < -0.4 is 0 Å². The van der Waals surface area contributed by atoms with E-state index in [2.05, 4.69) is 4.98 Å². The summed E-state index contributed by atoms with van der Waals surface area (Å²) in [5.74, 6) is -1.60. The Kier molecular flexibility index (Phi) is 2.36. The van der Waals surface area contributed by atoms with Gasteiger partial charge in [-0.05, 0) is 6.07 Å². The summed E-state index contributed by atoms with van der Waals surface area (Å²) in [7, 11) is 0. The topological polar surface area (TPSA) is 87.5 Å². The molecule has 3 aromatic rings. The van der Waals surface area contributed by atoms with Crippen LogP contribution in [0.15, 0.2) is 42.7 Å². The van der Waals surface area contributed by atoms with Gasteiger partial charge in [0.1, 0.15) is 11.5 Å². The quantitative estimate of drug-likeness (QED) is 0.486. The van der Waals surface area contributed by atoms with Crippen LogP contribution in [0.2, 0.25) is 0 Å². The molecule has 0 spiro atoms. The number of aromatic nitrogens is 1. The van der Waals surface area contributed by atoms with Crippen molar-refractivity contribution in [2.24, 2.45) is 0 Å². The number of carbonyl (C=O) groups is 2. The highest BCUT2D eigenvalue weighted by Gasteiger charge is 2.36. The van der Waals surface area contributed by atoms with Gasteiger partial charge in [0.15, 0.2) is 11.6 Å². The Balaban J connectivity index is 2.19. The molecule has 22 heavy (non-hydrogen) atoms. The molecule has 5 nitrogen and oxygen atoms in total. The third kappa shape index (κ3) is 1.39. The van der Waals surface area contributed by atoms with Crippen molar-refractivity contribution in [2.45, 2.75) is 0 Å². The lowest BCUT2D eigenvalue weighted by Crippen LogP contribution is -2.21. The maximum absolute atomic E-state index is 12.6. The first kappa shape index (κ1) is 12.5. The lowest BCUT2D eigenvalue weighted by molar-refractivity contribution is 0.0974. The zero-order valence-corrected chi connectivity index (χ0v) is 11.2. The molecule has 0 bridgehead atoms. The number of phenolic OH excluding ortho intramolecular Hbond substituents is 2. The fraction of sp³-hybridized carbons (Fsp3) is 0. The Morgan fingerprint density at radius 1 is 0.773 bits per heavy atom. The van der Waals surface area contributed by atoms with Crippen LogP contribution >= 0.6 is 0 Å². The SMILES string of the molecule is O=C1c2ccncc2C(=O)c2c1c(O)c1ccccc1c2O. The molecule has 2 N–H and O–H groups in total. The molecule has 1 aliphatic carbocycles. The van der Waals surface area contributed by atoms with E-state index in [1.165, 1.54) is 18.5 Å².